The van der Waals surface area contributed by atoms with Crippen molar-refractivity contribution in [3.8, 4) is 5.88 Å². The lowest BCUT2D eigenvalue weighted by molar-refractivity contribution is -0.0383. The Balaban J connectivity index is 1.15. The first-order chi connectivity index (χ1) is 14.8. The Labute approximate surface area is 174 Å². The molecule has 0 aliphatic heterocycles. The number of aromatic nitrogens is 4. The van der Waals surface area contributed by atoms with Crippen LogP contribution >= 0.6 is 0 Å². The third kappa shape index (κ3) is 4.33. The molecule has 0 atom stereocenters. The van der Waals surface area contributed by atoms with Gasteiger partial charge in [-0.05, 0) is 31.2 Å². The summed E-state index contributed by atoms with van der Waals surface area (Å²) < 4.78 is 13.6. The average molecular weight is 405 g/mol. The van der Waals surface area contributed by atoms with Gasteiger partial charge in [-0.1, -0.05) is 30.3 Å². The Kier molecular flexibility index (Phi) is 5.15. The number of benzene rings is 1. The zero-order valence-electron chi connectivity index (χ0n) is 16.5. The van der Waals surface area contributed by atoms with Gasteiger partial charge in [-0.2, -0.15) is 10.1 Å². The highest BCUT2D eigenvalue weighted by molar-refractivity contribution is 5.78. The Hall–Kier alpha value is -3.26. The quantitative estimate of drug-likeness (QED) is 0.543. The summed E-state index contributed by atoms with van der Waals surface area (Å²) in [6.07, 6.45) is 10.2. The summed E-state index contributed by atoms with van der Waals surface area (Å²) in [4.78, 5) is 19.7. The van der Waals surface area contributed by atoms with Crippen molar-refractivity contribution in [2.24, 2.45) is 0 Å². The standard InChI is InChI=1S/C22H23N5O3/c28-13-16-10-23-22(26-21(16)30-19-6-7-19)25-17-11-24-27(12-17)18-8-20(9-18)29-14-15-4-2-1-3-5-15/h1-5,10-13,18-20H,6-9,14H2,(H,23,25,26). The van der Waals surface area contributed by atoms with Crippen LogP contribution in [0, 0.1) is 0 Å². The van der Waals surface area contributed by atoms with E-state index < -0.39 is 0 Å². The van der Waals surface area contributed by atoms with Crippen molar-refractivity contribution in [2.45, 2.75) is 50.5 Å². The molecular weight excluding hydrogens is 382 g/mol. The van der Waals surface area contributed by atoms with Crippen LogP contribution in [0.4, 0.5) is 11.6 Å². The van der Waals surface area contributed by atoms with Crippen LogP contribution in [-0.4, -0.2) is 38.2 Å². The molecule has 0 spiro atoms. The molecule has 0 radical (unpaired) electrons. The van der Waals surface area contributed by atoms with Gasteiger partial charge < -0.3 is 14.8 Å². The molecule has 3 aromatic rings. The third-order valence-electron chi connectivity index (χ3n) is 5.34. The van der Waals surface area contributed by atoms with Gasteiger partial charge in [0, 0.05) is 12.4 Å². The zero-order chi connectivity index (χ0) is 20.3. The molecule has 0 saturated heterocycles. The first-order valence-corrected chi connectivity index (χ1v) is 10.2. The van der Waals surface area contributed by atoms with Crippen LogP contribution in [0.15, 0.2) is 48.9 Å². The fourth-order valence-electron chi connectivity index (χ4n) is 3.36. The molecule has 2 fully saturated rings. The summed E-state index contributed by atoms with van der Waals surface area (Å²) in [6.45, 7) is 0.642. The van der Waals surface area contributed by atoms with Gasteiger partial charge in [0.15, 0.2) is 6.29 Å². The number of rotatable bonds is 9. The van der Waals surface area contributed by atoms with Crippen LogP contribution in [0.1, 0.15) is 47.6 Å². The van der Waals surface area contributed by atoms with Crippen molar-refractivity contribution in [1.82, 2.24) is 19.7 Å². The van der Waals surface area contributed by atoms with Gasteiger partial charge in [0.25, 0.3) is 0 Å². The minimum absolute atomic E-state index is 0.157. The number of nitrogens with zero attached hydrogens (tertiary/aromatic N) is 4. The number of anilines is 2. The molecule has 8 nitrogen and oxygen atoms in total. The van der Waals surface area contributed by atoms with Crippen molar-refractivity contribution >= 4 is 17.9 Å². The summed E-state index contributed by atoms with van der Waals surface area (Å²) in [6, 6.07) is 10.5. The van der Waals surface area contributed by atoms with E-state index in [2.05, 4.69) is 32.5 Å². The maximum atomic E-state index is 11.2. The average Bonchev–Trinajstić information content (AvgIpc) is 3.44. The Morgan fingerprint density at radius 3 is 2.73 bits per heavy atom. The number of ether oxygens (including phenoxy) is 2. The molecule has 2 saturated carbocycles. The molecule has 2 aliphatic rings. The van der Waals surface area contributed by atoms with Crippen LogP contribution < -0.4 is 10.1 Å². The molecule has 2 aromatic heterocycles. The predicted molar refractivity (Wildman–Crippen MR) is 110 cm³/mol. The molecule has 30 heavy (non-hydrogen) atoms. The van der Waals surface area contributed by atoms with Gasteiger partial charge in [-0.25, -0.2) is 4.98 Å². The highest BCUT2D eigenvalue weighted by Crippen LogP contribution is 2.35. The Morgan fingerprint density at radius 2 is 1.97 bits per heavy atom. The maximum Gasteiger partial charge on any atom is 0.230 e. The zero-order valence-corrected chi connectivity index (χ0v) is 16.5. The van der Waals surface area contributed by atoms with Crippen molar-refractivity contribution in [3.63, 3.8) is 0 Å². The highest BCUT2D eigenvalue weighted by Gasteiger charge is 2.32. The number of carbonyl (C=O) groups excluding carboxylic acids is 1. The van der Waals surface area contributed by atoms with Crippen LogP contribution in [0.25, 0.3) is 0 Å². The summed E-state index contributed by atoms with van der Waals surface area (Å²) >= 11 is 0. The number of hydrogen-bond acceptors (Lipinski definition) is 7. The van der Waals surface area contributed by atoms with E-state index in [-0.39, 0.29) is 12.2 Å². The van der Waals surface area contributed by atoms with Crippen LogP contribution in [-0.2, 0) is 11.3 Å². The van der Waals surface area contributed by atoms with Crippen molar-refractivity contribution in [1.29, 1.82) is 0 Å². The molecule has 1 N–H and O–H groups in total. The Bertz CT molecular complexity index is 1010. The van der Waals surface area contributed by atoms with E-state index in [9.17, 15) is 4.79 Å². The van der Waals surface area contributed by atoms with Gasteiger partial charge in [0.05, 0.1) is 36.2 Å². The third-order valence-corrected chi connectivity index (χ3v) is 5.34. The highest BCUT2D eigenvalue weighted by atomic mass is 16.5. The molecule has 2 aliphatic carbocycles. The maximum absolute atomic E-state index is 11.2. The van der Waals surface area contributed by atoms with E-state index in [0.717, 1.165) is 31.4 Å². The lowest BCUT2D eigenvalue weighted by Gasteiger charge is -2.35. The molecule has 1 aromatic carbocycles. The van der Waals surface area contributed by atoms with E-state index >= 15 is 0 Å². The monoisotopic (exact) mass is 405 g/mol. The number of carbonyl (C=O) groups is 1. The van der Waals surface area contributed by atoms with Gasteiger partial charge >= 0.3 is 0 Å². The molecule has 8 heteroatoms. The molecule has 2 heterocycles. The SMILES string of the molecule is O=Cc1cnc(Nc2cnn(C3CC(OCc4ccccc4)C3)c2)nc1OC1CC1. The summed E-state index contributed by atoms with van der Waals surface area (Å²) in [5.74, 6) is 0.711. The van der Waals surface area contributed by atoms with Gasteiger partial charge in [-0.15, -0.1) is 0 Å². The van der Waals surface area contributed by atoms with Gasteiger partial charge in [0.2, 0.25) is 11.8 Å². The van der Waals surface area contributed by atoms with E-state index in [1.165, 1.54) is 11.8 Å². The van der Waals surface area contributed by atoms with E-state index in [4.69, 9.17) is 9.47 Å². The van der Waals surface area contributed by atoms with Crippen LogP contribution in [0.3, 0.4) is 0 Å². The lowest BCUT2D eigenvalue weighted by Crippen LogP contribution is -2.33. The van der Waals surface area contributed by atoms with E-state index in [1.807, 2.05) is 29.1 Å². The van der Waals surface area contributed by atoms with Crippen molar-refractivity contribution in [3.05, 3.63) is 60.0 Å². The molecule has 0 amide bonds. The molecular formula is C22H23N5O3. The molecule has 0 bridgehead atoms. The van der Waals surface area contributed by atoms with Crippen molar-refractivity contribution < 1.29 is 14.3 Å². The van der Waals surface area contributed by atoms with Crippen LogP contribution in [0.5, 0.6) is 5.88 Å². The topological polar surface area (TPSA) is 91.2 Å². The smallest absolute Gasteiger partial charge is 0.230 e. The minimum Gasteiger partial charge on any atom is -0.474 e. The van der Waals surface area contributed by atoms with Crippen LogP contribution in [0.2, 0.25) is 0 Å². The summed E-state index contributed by atoms with van der Waals surface area (Å²) in [5.41, 5.74) is 2.34. The number of aldehydes is 1. The molecule has 0 unspecified atom stereocenters. The fraction of sp³-hybridized carbons (Fsp3) is 0.364. The lowest BCUT2D eigenvalue weighted by atomic mass is 9.89. The normalized spacial score (nSPS) is 20.4. The number of hydrogen-bond donors (Lipinski definition) is 1. The van der Waals surface area contributed by atoms with E-state index in [1.54, 1.807) is 6.20 Å². The first kappa shape index (κ1) is 18.7. The first-order valence-electron chi connectivity index (χ1n) is 10.2. The van der Waals surface area contributed by atoms with Crippen molar-refractivity contribution in [2.75, 3.05) is 5.32 Å². The fourth-order valence-corrected chi connectivity index (χ4v) is 3.36. The summed E-state index contributed by atoms with van der Waals surface area (Å²) in [7, 11) is 0. The minimum atomic E-state index is 0.157. The number of nitrogens with one attached hydrogen (secondary N) is 1. The van der Waals surface area contributed by atoms with Gasteiger partial charge in [0.1, 0.15) is 6.10 Å². The Morgan fingerprint density at radius 1 is 1.13 bits per heavy atom. The van der Waals surface area contributed by atoms with E-state index in [0.29, 0.717) is 36.3 Å². The largest absolute Gasteiger partial charge is 0.474 e. The van der Waals surface area contributed by atoms with Gasteiger partial charge in [-0.3, -0.25) is 9.48 Å². The molecule has 5 rings (SSSR count). The predicted octanol–water partition coefficient (Wildman–Crippen LogP) is 3.69. The summed E-state index contributed by atoms with van der Waals surface area (Å²) in [5, 5.41) is 7.60. The second-order valence-electron chi connectivity index (χ2n) is 7.77. The second-order valence-corrected chi connectivity index (χ2v) is 7.77. The molecule has 154 valence electrons. The second kappa shape index (κ2) is 8.23.